The molecule has 1 aromatic carbocycles. The third kappa shape index (κ3) is 3.22. The van der Waals surface area contributed by atoms with E-state index in [4.69, 9.17) is 0 Å². The zero-order chi connectivity index (χ0) is 13.9. The molecule has 0 bridgehead atoms. The van der Waals surface area contributed by atoms with Gasteiger partial charge in [-0.1, -0.05) is 24.3 Å². The molecule has 19 heavy (non-hydrogen) atoms. The maximum Gasteiger partial charge on any atom is 0.251 e. The van der Waals surface area contributed by atoms with Crippen molar-refractivity contribution in [2.24, 2.45) is 0 Å². The number of carbonyl (C=O) groups excluding carboxylic acids is 1. The number of benzene rings is 1. The van der Waals surface area contributed by atoms with Crippen LogP contribution in [0, 0.1) is 6.92 Å². The third-order valence-corrected chi connectivity index (χ3v) is 4.16. The van der Waals surface area contributed by atoms with Gasteiger partial charge in [0.25, 0.3) is 5.91 Å². The van der Waals surface area contributed by atoms with Crippen LogP contribution in [0.4, 0.5) is 0 Å². The van der Waals surface area contributed by atoms with Crippen LogP contribution in [0.2, 0.25) is 0 Å². The van der Waals surface area contributed by atoms with Crippen LogP contribution in [0.1, 0.15) is 27.7 Å². The van der Waals surface area contributed by atoms with Crippen LogP contribution in [0.15, 0.2) is 41.8 Å². The van der Waals surface area contributed by atoms with Gasteiger partial charge in [0, 0.05) is 10.4 Å². The summed E-state index contributed by atoms with van der Waals surface area (Å²) < 4.78 is 0. The molecule has 1 atom stereocenters. The Morgan fingerprint density at radius 2 is 2.05 bits per heavy atom. The van der Waals surface area contributed by atoms with Gasteiger partial charge >= 0.3 is 0 Å². The molecule has 3 nitrogen and oxygen atoms in total. The second-order valence-electron chi connectivity index (χ2n) is 4.75. The lowest BCUT2D eigenvalue weighted by Crippen LogP contribution is -2.38. The van der Waals surface area contributed by atoms with Crippen molar-refractivity contribution >= 4 is 17.2 Å². The SMILES string of the molecule is Cc1ccccc1C(=O)NC[C@](C)(O)c1cccs1. The van der Waals surface area contributed by atoms with E-state index in [1.165, 1.54) is 11.3 Å². The highest BCUT2D eigenvalue weighted by atomic mass is 32.1. The lowest BCUT2D eigenvalue weighted by atomic mass is 10.0. The Kier molecular flexibility index (Phi) is 4.02. The van der Waals surface area contributed by atoms with E-state index in [0.29, 0.717) is 5.56 Å². The van der Waals surface area contributed by atoms with Gasteiger partial charge in [-0.2, -0.15) is 0 Å². The molecule has 0 spiro atoms. The first-order chi connectivity index (χ1) is 9.00. The second kappa shape index (κ2) is 5.55. The Balaban J connectivity index is 2.03. The number of aryl methyl sites for hydroxylation is 1. The van der Waals surface area contributed by atoms with Gasteiger partial charge in [0.2, 0.25) is 0 Å². The van der Waals surface area contributed by atoms with Crippen molar-refractivity contribution in [2.75, 3.05) is 6.54 Å². The standard InChI is InChI=1S/C15H17NO2S/c1-11-6-3-4-7-12(11)14(17)16-10-15(2,18)13-8-5-9-19-13/h3-9,18H,10H2,1-2H3,(H,16,17)/t15-/m0/s1. The summed E-state index contributed by atoms with van der Waals surface area (Å²) in [6.45, 7) is 3.80. The molecule has 0 saturated heterocycles. The average molecular weight is 275 g/mol. The molecule has 0 aliphatic rings. The number of amides is 1. The molecule has 1 heterocycles. The van der Waals surface area contributed by atoms with Crippen LogP contribution in [0.3, 0.4) is 0 Å². The molecule has 2 N–H and O–H groups in total. The summed E-state index contributed by atoms with van der Waals surface area (Å²) >= 11 is 1.48. The minimum Gasteiger partial charge on any atom is -0.383 e. The van der Waals surface area contributed by atoms with Crippen molar-refractivity contribution in [3.05, 3.63) is 57.8 Å². The van der Waals surface area contributed by atoms with Crippen LogP contribution >= 0.6 is 11.3 Å². The van der Waals surface area contributed by atoms with Crippen LogP contribution < -0.4 is 5.32 Å². The Hall–Kier alpha value is -1.65. The maximum atomic E-state index is 12.1. The Morgan fingerprint density at radius 3 is 2.68 bits per heavy atom. The van der Waals surface area contributed by atoms with Crippen LogP contribution in [-0.2, 0) is 5.60 Å². The largest absolute Gasteiger partial charge is 0.383 e. The molecular formula is C15H17NO2S. The number of aliphatic hydroxyl groups is 1. The number of carbonyl (C=O) groups is 1. The summed E-state index contributed by atoms with van der Waals surface area (Å²) in [6.07, 6.45) is 0. The van der Waals surface area contributed by atoms with E-state index in [2.05, 4.69) is 5.32 Å². The van der Waals surface area contributed by atoms with Gasteiger partial charge in [-0.3, -0.25) is 4.79 Å². The molecular weight excluding hydrogens is 258 g/mol. The lowest BCUT2D eigenvalue weighted by Gasteiger charge is -2.22. The van der Waals surface area contributed by atoms with E-state index < -0.39 is 5.60 Å². The summed E-state index contributed by atoms with van der Waals surface area (Å²) in [5.74, 6) is -0.157. The predicted octanol–water partition coefficient (Wildman–Crippen LogP) is 2.69. The van der Waals surface area contributed by atoms with E-state index >= 15 is 0 Å². The van der Waals surface area contributed by atoms with Crippen molar-refractivity contribution in [3.63, 3.8) is 0 Å². The highest BCUT2D eigenvalue weighted by Gasteiger charge is 2.25. The summed E-state index contributed by atoms with van der Waals surface area (Å²) in [5.41, 5.74) is 0.534. The molecule has 0 saturated carbocycles. The molecule has 0 aliphatic heterocycles. The van der Waals surface area contributed by atoms with E-state index in [1.807, 2.05) is 42.6 Å². The van der Waals surface area contributed by atoms with Gasteiger partial charge in [0.1, 0.15) is 5.60 Å². The number of rotatable bonds is 4. The molecule has 0 radical (unpaired) electrons. The maximum absolute atomic E-state index is 12.1. The van der Waals surface area contributed by atoms with Crippen molar-refractivity contribution < 1.29 is 9.90 Å². The molecule has 1 amide bonds. The number of hydrogen-bond donors (Lipinski definition) is 2. The third-order valence-electron chi connectivity index (χ3n) is 3.03. The molecule has 0 unspecified atom stereocenters. The van der Waals surface area contributed by atoms with Gasteiger partial charge in [0.05, 0.1) is 6.54 Å². The first kappa shape index (κ1) is 13.8. The highest BCUT2D eigenvalue weighted by molar-refractivity contribution is 7.10. The van der Waals surface area contributed by atoms with E-state index in [1.54, 1.807) is 13.0 Å². The summed E-state index contributed by atoms with van der Waals surface area (Å²) in [6, 6.07) is 11.2. The number of nitrogens with one attached hydrogen (secondary N) is 1. The molecule has 0 aliphatic carbocycles. The number of thiophene rings is 1. The minimum absolute atomic E-state index is 0.157. The van der Waals surface area contributed by atoms with Gasteiger partial charge in [-0.25, -0.2) is 0 Å². The van der Waals surface area contributed by atoms with Gasteiger partial charge in [-0.15, -0.1) is 11.3 Å². The van der Waals surface area contributed by atoms with E-state index in [0.717, 1.165) is 10.4 Å². The first-order valence-electron chi connectivity index (χ1n) is 6.11. The normalized spacial score (nSPS) is 13.8. The molecule has 4 heteroatoms. The predicted molar refractivity (Wildman–Crippen MR) is 77.4 cm³/mol. The van der Waals surface area contributed by atoms with E-state index in [-0.39, 0.29) is 12.5 Å². The topological polar surface area (TPSA) is 49.3 Å². The van der Waals surface area contributed by atoms with Crippen LogP contribution in [0.5, 0.6) is 0 Å². The monoisotopic (exact) mass is 275 g/mol. The van der Waals surface area contributed by atoms with Crippen molar-refractivity contribution in [1.29, 1.82) is 0 Å². The Labute approximate surface area is 116 Å². The van der Waals surface area contributed by atoms with Crippen LogP contribution in [0.25, 0.3) is 0 Å². The molecule has 1 aromatic heterocycles. The Bertz CT molecular complexity index is 561. The zero-order valence-electron chi connectivity index (χ0n) is 11.0. The van der Waals surface area contributed by atoms with Crippen molar-refractivity contribution in [1.82, 2.24) is 5.32 Å². The Morgan fingerprint density at radius 1 is 1.32 bits per heavy atom. The molecule has 0 fully saturated rings. The second-order valence-corrected chi connectivity index (χ2v) is 5.70. The van der Waals surface area contributed by atoms with Gasteiger partial charge in [-0.05, 0) is 36.9 Å². The zero-order valence-corrected chi connectivity index (χ0v) is 11.8. The smallest absolute Gasteiger partial charge is 0.251 e. The fourth-order valence-corrected chi connectivity index (χ4v) is 2.63. The summed E-state index contributed by atoms with van der Waals surface area (Å²) in [4.78, 5) is 12.9. The van der Waals surface area contributed by atoms with Gasteiger partial charge < -0.3 is 10.4 Å². The molecule has 100 valence electrons. The lowest BCUT2D eigenvalue weighted by molar-refractivity contribution is 0.0556. The first-order valence-corrected chi connectivity index (χ1v) is 6.99. The number of hydrogen-bond acceptors (Lipinski definition) is 3. The van der Waals surface area contributed by atoms with Crippen LogP contribution in [-0.4, -0.2) is 17.6 Å². The van der Waals surface area contributed by atoms with Gasteiger partial charge in [0.15, 0.2) is 0 Å². The summed E-state index contributed by atoms with van der Waals surface area (Å²) in [7, 11) is 0. The highest BCUT2D eigenvalue weighted by Crippen LogP contribution is 2.24. The van der Waals surface area contributed by atoms with Crippen molar-refractivity contribution in [3.8, 4) is 0 Å². The minimum atomic E-state index is -1.04. The van der Waals surface area contributed by atoms with E-state index in [9.17, 15) is 9.90 Å². The fourth-order valence-electron chi connectivity index (χ4n) is 1.85. The fraction of sp³-hybridized carbons (Fsp3) is 0.267. The molecule has 2 rings (SSSR count). The quantitative estimate of drug-likeness (QED) is 0.901. The van der Waals surface area contributed by atoms with Crippen molar-refractivity contribution in [2.45, 2.75) is 19.4 Å². The molecule has 2 aromatic rings. The average Bonchev–Trinajstić information content (AvgIpc) is 2.91. The summed E-state index contributed by atoms with van der Waals surface area (Å²) in [5, 5.41) is 15.0.